The zero-order valence-electron chi connectivity index (χ0n) is 19.3. The highest BCUT2D eigenvalue weighted by atomic mass is 16.4. The van der Waals surface area contributed by atoms with E-state index in [4.69, 9.17) is 0 Å². The molecule has 0 aromatic carbocycles. The lowest BCUT2D eigenvalue weighted by Crippen LogP contribution is -2.40. The number of hydrogen-bond acceptors (Lipinski definition) is 4. The van der Waals surface area contributed by atoms with Crippen LogP contribution in [0.4, 0.5) is 0 Å². The van der Waals surface area contributed by atoms with Crippen LogP contribution in [0, 0.1) is 5.92 Å². The van der Waals surface area contributed by atoms with Gasteiger partial charge in [0.05, 0.1) is 0 Å². The van der Waals surface area contributed by atoms with Gasteiger partial charge in [-0.1, -0.05) is 13.8 Å². The molecule has 2 unspecified atom stereocenters. The summed E-state index contributed by atoms with van der Waals surface area (Å²) in [6, 6.07) is 1.99. The summed E-state index contributed by atoms with van der Waals surface area (Å²) in [5, 5.41) is 0. The molecule has 0 fully saturated rings. The van der Waals surface area contributed by atoms with Gasteiger partial charge in [0.2, 0.25) is 0 Å². The van der Waals surface area contributed by atoms with Gasteiger partial charge >= 0.3 is 0 Å². The fourth-order valence-corrected chi connectivity index (χ4v) is 2.42. The summed E-state index contributed by atoms with van der Waals surface area (Å²) in [5.74, 6) is 0.816. The Balaban J connectivity index is 0. The third-order valence-corrected chi connectivity index (χ3v) is 5.25. The summed E-state index contributed by atoms with van der Waals surface area (Å²) in [6.45, 7) is 17.4. The summed E-state index contributed by atoms with van der Waals surface area (Å²) < 4.78 is 4.25. The van der Waals surface area contributed by atoms with Gasteiger partial charge in [-0.25, -0.2) is 0 Å². The van der Waals surface area contributed by atoms with E-state index in [0.29, 0.717) is 18.1 Å². The number of nitrogens with zero attached hydrogens (tertiary/aromatic N) is 3. The van der Waals surface area contributed by atoms with E-state index in [9.17, 15) is 0 Å². The summed E-state index contributed by atoms with van der Waals surface area (Å²) in [6.07, 6.45) is 3.89. The minimum atomic E-state index is 0.644. The van der Waals surface area contributed by atoms with E-state index in [2.05, 4.69) is 82.1 Å². The van der Waals surface area contributed by atoms with Crippen molar-refractivity contribution < 1.29 is 4.74 Å². The maximum Gasteiger partial charge on any atom is 0.0351 e. The lowest BCUT2D eigenvalue weighted by Gasteiger charge is -2.31. The Morgan fingerprint density at radius 3 is 1.36 bits per heavy atom. The zero-order chi connectivity index (χ0) is 20.0. The molecule has 0 rings (SSSR count). The van der Waals surface area contributed by atoms with Crippen LogP contribution in [0.15, 0.2) is 0 Å². The van der Waals surface area contributed by atoms with Gasteiger partial charge in [0.15, 0.2) is 0 Å². The van der Waals surface area contributed by atoms with Crippen molar-refractivity contribution >= 4 is 0 Å². The highest BCUT2D eigenvalue weighted by Gasteiger charge is 2.14. The molecule has 2 atom stereocenters. The molecule has 4 nitrogen and oxygen atoms in total. The Hall–Kier alpha value is -0.160. The van der Waals surface area contributed by atoms with Crippen LogP contribution in [0.5, 0.6) is 0 Å². The Morgan fingerprint density at radius 1 is 0.600 bits per heavy atom. The van der Waals surface area contributed by atoms with Crippen molar-refractivity contribution in [3.8, 4) is 0 Å². The van der Waals surface area contributed by atoms with Crippen LogP contribution in [0.2, 0.25) is 0 Å². The monoisotopic (exact) mass is 359 g/mol. The molecule has 0 saturated carbocycles. The fourth-order valence-electron chi connectivity index (χ4n) is 2.42. The molecule has 0 aromatic heterocycles. The van der Waals surface area contributed by atoms with Crippen molar-refractivity contribution in [3.05, 3.63) is 0 Å². The zero-order valence-corrected chi connectivity index (χ0v) is 19.3. The standard InChI is InChI=1S/C19H43N3.C2H6O/c1-16(2)10-11-18(5)21(8)14-15-22(9)19(6)12-13-20(7)17(3)4;1-3-2/h16-19H,10-15H2,1-9H3;1-2H3. The van der Waals surface area contributed by atoms with Gasteiger partial charge in [-0.05, 0) is 80.6 Å². The highest BCUT2D eigenvalue weighted by molar-refractivity contribution is 4.70. The van der Waals surface area contributed by atoms with Gasteiger partial charge in [0.25, 0.3) is 0 Å². The first-order valence-corrected chi connectivity index (χ1v) is 10.1. The smallest absolute Gasteiger partial charge is 0.0351 e. The second-order valence-electron chi connectivity index (χ2n) is 8.40. The first-order chi connectivity index (χ1) is 11.6. The molecule has 154 valence electrons. The van der Waals surface area contributed by atoms with Crippen LogP contribution >= 0.6 is 0 Å². The first-order valence-electron chi connectivity index (χ1n) is 10.1. The van der Waals surface area contributed by atoms with Crippen molar-refractivity contribution in [1.82, 2.24) is 14.7 Å². The largest absolute Gasteiger partial charge is 0.388 e. The van der Waals surface area contributed by atoms with E-state index in [1.807, 2.05) is 0 Å². The second-order valence-corrected chi connectivity index (χ2v) is 8.40. The van der Waals surface area contributed by atoms with E-state index in [1.54, 1.807) is 14.2 Å². The maximum atomic E-state index is 4.25. The quantitative estimate of drug-likeness (QED) is 0.523. The van der Waals surface area contributed by atoms with Crippen LogP contribution < -0.4 is 0 Å². The molecule has 0 aliphatic carbocycles. The molecule has 4 heteroatoms. The predicted octanol–water partition coefficient (Wildman–Crippen LogP) is 4.06. The van der Waals surface area contributed by atoms with E-state index >= 15 is 0 Å². The lowest BCUT2D eigenvalue weighted by atomic mass is 10.0. The van der Waals surface area contributed by atoms with Gasteiger partial charge in [-0.3, -0.25) is 0 Å². The van der Waals surface area contributed by atoms with Crippen molar-refractivity contribution in [1.29, 1.82) is 0 Å². The topological polar surface area (TPSA) is 19.0 Å². The van der Waals surface area contributed by atoms with Crippen molar-refractivity contribution in [2.24, 2.45) is 5.92 Å². The van der Waals surface area contributed by atoms with Crippen LogP contribution in [0.25, 0.3) is 0 Å². The molecular formula is C21H49N3O. The molecule has 0 aliphatic rings. The predicted molar refractivity (Wildman–Crippen MR) is 114 cm³/mol. The number of hydrogen-bond donors (Lipinski definition) is 0. The third-order valence-electron chi connectivity index (χ3n) is 5.25. The minimum absolute atomic E-state index is 0.644. The van der Waals surface area contributed by atoms with Crippen LogP contribution in [-0.2, 0) is 4.74 Å². The van der Waals surface area contributed by atoms with Gasteiger partial charge in [0, 0.05) is 45.4 Å². The number of ether oxygens (including phenoxy) is 1. The number of methoxy groups -OCH3 is 1. The summed E-state index contributed by atoms with van der Waals surface area (Å²) in [7, 11) is 10.0. The first kappa shape index (κ1) is 27.1. The molecule has 0 spiro atoms. The third kappa shape index (κ3) is 15.8. The number of rotatable bonds is 12. The average Bonchev–Trinajstić information content (AvgIpc) is 2.54. The van der Waals surface area contributed by atoms with Crippen LogP contribution in [0.1, 0.15) is 60.8 Å². The Kier molecular flexibility index (Phi) is 17.4. The Labute approximate surface area is 159 Å². The van der Waals surface area contributed by atoms with Crippen molar-refractivity contribution in [3.63, 3.8) is 0 Å². The van der Waals surface area contributed by atoms with Gasteiger partial charge in [-0.15, -0.1) is 0 Å². The molecule has 0 N–H and O–H groups in total. The Bertz CT molecular complexity index is 284. The molecule has 0 saturated heterocycles. The number of likely N-dealkylation sites (N-methyl/N-ethyl adjacent to an activating group) is 2. The molecule has 0 aliphatic heterocycles. The summed E-state index contributed by atoms with van der Waals surface area (Å²) in [5.41, 5.74) is 0. The Morgan fingerprint density at radius 2 is 1.00 bits per heavy atom. The molecule has 25 heavy (non-hydrogen) atoms. The second kappa shape index (κ2) is 16.0. The van der Waals surface area contributed by atoms with E-state index in [1.165, 1.54) is 32.4 Å². The molecule has 0 aromatic rings. The summed E-state index contributed by atoms with van der Waals surface area (Å²) in [4.78, 5) is 7.47. The molecule has 0 heterocycles. The maximum absolute atomic E-state index is 4.25. The van der Waals surface area contributed by atoms with Gasteiger partial charge < -0.3 is 19.4 Å². The van der Waals surface area contributed by atoms with Gasteiger partial charge in [0.1, 0.15) is 0 Å². The van der Waals surface area contributed by atoms with Gasteiger partial charge in [-0.2, -0.15) is 0 Å². The lowest BCUT2D eigenvalue weighted by molar-refractivity contribution is 0.164. The SMILES string of the molecule is CC(C)CCC(C)N(C)CCN(C)C(C)CCN(C)C(C)C.COC. The fraction of sp³-hybridized carbons (Fsp3) is 1.00. The van der Waals surface area contributed by atoms with Crippen LogP contribution in [-0.4, -0.2) is 87.8 Å². The highest BCUT2D eigenvalue weighted by Crippen LogP contribution is 2.11. The van der Waals surface area contributed by atoms with E-state index in [0.717, 1.165) is 12.5 Å². The molecule has 0 amide bonds. The van der Waals surface area contributed by atoms with Crippen molar-refractivity contribution in [2.45, 2.75) is 78.9 Å². The minimum Gasteiger partial charge on any atom is -0.388 e. The molecule has 0 bridgehead atoms. The molecular weight excluding hydrogens is 310 g/mol. The normalized spacial score (nSPS) is 14.4. The van der Waals surface area contributed by atoms with Crippen LogP contribution in [0.3, 0.4) is 0 Å². The van der Waals surface area contributed by atoms with E-state index in [-0.39, 0.29) is 0 Å². The molecule has 0 radical (unpaired) electrons. The average molecular weight is 360 g/mol. The van der Waals surface area contributed by atoms with Crippen molar-refractivity contribution in [2.75, 3.05) is 55.0 Å². The van der Waals surface area contributed by atoms with E-state index < -0.39 is 0 Å². The summed E-state index contributed by atoms with van der Waals surface area (Å²) >= 11 is 0.